The normalized spacial score (nSPS) is 13.3. The van der Waals surface area contributed by atoms with E-state index in [1.54, 1.807) is 19.1 Å². The maximum Gasteiger partial charge on any atom is 0.303 e. The molecule has 3 nitrogen and oxygen atoms in total. The highest BCUT2D eigenvalue weighted by molar-refractivity contribution is 5.66. The van der Waals surface area contributed by atoms with Crippen LogP contribution in [0.15, 0.2) is 24.5 Å². The van der Waals surface area contributed by atoms with Gasteiger partial charge in [0.05, 0.1) is 0 Å². The average Bonchev–Trinajstić information content (AvgIpc) is 2.05. The Morgan fingerprint density at radius 1 is 1.62 bits per heavy atom. The topological polar surface area (TPSA) is 35.5 Å². The van der Waals surface area contributed by atoms with Crippen molar-refractivity contribution in [3.63, 3.8) is 0 Å². The van der Waals surface area contributed by atoms with Crippen molar-refractivity contribution in [1.29, 1.82) is 0 Å². The molecule has 1 atom stereocenters. The van der Waals surface area contributed by atoms with Crippen molar-refractivity contribution in [1.82, 2.24) is 0 Å². The van der Waals surface area contributed by atoms with Gasteiger partial charge in [0.25, 0.3) is 0 Å². The number of hydrogen-bond acceptors (Lipinski definition) is 3. The van der Waals surface area contributed by atoms with Gasteiger partial charge in [-0.05, 0) is 26.0 Å². The van der Waals surface area contributed by atoms with E-state index >= 15 is 0 Å². The van der Waals surface area contributed by atoms with Crippen molar-refractivity contribution in [2.75, 3.05) is 6.61 Å². The summed E-state index contributed by atoms with van der Waals surface area (Å²) in [7, 11) is 0. The van der Waals surface area contributed by atoms with Crippen molar-refractivity contribution in [3.05, 3.63) is 24.5 Å². The van der Waals surface area contributed by atoms with Crippen molar-refractivity contribution in [2.45, 2.75) is 26.9 Å². The van der Waals surface area contributed by atoms with Gasteiger partial charge in [-0.2, -0.15) is 0 Å². The van der Waals surface area contributed by atoms with Gasteiger partial charge in [-0.15, -0.1) is 0 Å². The van der Waals surface area contributed by atoms with Crippen LogP contribution in [0, 0.1) is 0 Å². The number of esters is 1. The fraction of sp³-hybridized carbons (Fsp3) is 0.500. The number of hydrogen-bond donors (Lipinski definition) is 0. The third-order valence-electron chi connectivity index (χ3n) is 1.34. The number of carbonyl (C=O) groups is 1. The molecule has 1 unspecified atom stereocenters. The summed E-state index contributed by atoms with van der Waals surface area (Å²) in [4.78, 5) is 10.5. The lowest BCUT2D eigenvalue weighted by molar-refractivity contribution is -0.147. The third kappa shape index (κ3) is 5.96. The zero-order valence-corrected chi connectivity index (χ0v) is 8.37. The molecule has 0 saturated heterocycles. The summed E-state index contributed by atoms with van der Waals surface area (Å²) in [5, 5.41) is 0. The second kappa shape index (κ2) is 6.29. The molecule has 0 aromatic heterocycles. The Labute approximate surface area is 79.0 Å². The molecule has 74 valence electrons. The minimum atomic E-state index is -0.295. The molecule has 0 rings (SSSR count). The van der Waals surface area contributed by atoms with Crippen LogP contribution < -0.4 is 0 Å². The first-order valence-corrected chi connectivity index (χ1v) is 4.19. The van der Waals surface area contributed by atoms with Crippen molar-refractivity contribution >= 4 is 5.97 Å². The quantitative estimate of drug-likeness (QED) is 0.372. The number of carbonyl (C=O) groups excluding carboxylic acids is 1. The van der Waals surface area contributed by atoms with Gasteiger partial charge in [-0.25, -0.2) is 0 Å². The van der Waals surface area contributed by atoms with E-state index < -0.39 is 0 Å². The summed E-state index contributed by atoms with van der Waals surface area (Å²) in [6, 6.07) is 0. The van der Waals surface area contributed by atoms with Crippen molar-refractivity contribution in [2.24, 2.45) is 0 Å². The van der Waals surface area contributed by atoms with Crippen LogP contribution in [0.25, 0.3) is 0 Å². The summed E-state index contributed by atoms with van der Waals surface area (Å²) in [5.41, 5.74) is 0. The molecule has 0 saturated carbocycles. The largest absolute Gasteiger partial charge is 0.490 e. The summed E-state index contributed by atoms with van der Waals surface area (Å²) in [6.07, 6.45) is 3.18. The molecule has 3 heteroatoms. The summed E-state index contributed by atoms with van der Waals surface area (Å²) in [6.45, 7) is 8.93. The molecule has 13 heavy (non-hydrogen) atoms. The van der Waals surface area contributed by atoms with Gasteiger partial charge in [0, 0.05) is 6.92 Å². The van der Waals surface area contributed by atoms with Crippen LogP contribution in [-0.4, -0.2) is 18.7 Å². The maximum atomic E-state index is 10.5. The van der Waals surface area contributed by atoms with Crippen LogP contribution in [0.4, 0.5) is 0 Å². The van der Waals surface area contributed by atoms with E-state index in [-0.39, 0.29) is 12.1 Å². The molecule has 0 amide bonds. The summed E-state index contributed by atoms with van der Waals surface area (Å²) in [5.74, 6) is 0.399. The minimum absolute atomic E-state index is 0.229. The second-order valence-electron chi connectivity index (χ2n) is 2.63. The maximum absolute atomic E-state index is 10.5. The first-order valence-electron chi connectivity index (χ1n) is 4.19. The molecule has 0 aromatic rings. The Bertz CT molecular complexity index is 206. The predicted octanol–water partition coefficient (Wildman–Crippen LogP) is 2.04. The molecule has 0 heterocycles. The fourth-order valence-corrected chi connectivity index (χ4v) is 0.791. The van der Waals surface area contributed by atoms with E-state index in [4.69, 9.17) is 9.47 Å². The molecule has 0 aliphatic carbocycles. The van der Waals surface area contributed by atoms with Crippen molar-refractivity contribution < 1.29 is 14.3 Å². The van der Waals surface area contributed by atoms with Crippen LogP contribution in [0.3, 0.4) is 0 Å². The average molecular weight is 184 g/mol. The first kappa shape index (κ1) is 11.8. The lowest BCUT2D eigenvalue weighted by atomic mass is 10.4. The van der Waals surface area contributed by atoms with E-state index in [1.165, 1.54) is 6.92 Å². The minimum Gasteiger partial charge on any atom is -0.490 e. The lowest BCUT2D eigenvalue weighted by Gasteiger charge is -2.13. The van der Waals surface area contributed by atoms with Gasteiger partial charge in [0.15, 0.2) is 0 Å². The van der Waals surface area contributed by atoms with Crippen LogP contribution in [-0.2, 0) is 14.3 Å². The lowest BCUT2D eigenvalue weighted by Crippen LogP contribution is -2.18. The number of ether oxygens (including phenoxy) is 2. The Morgan fingerprint density at radius 3 is 2.62 bits per heavy atom. The Balaban J connectivity index is 3.75. The monoisotopic (exact) mass is 184 g/mol. The van der Waals surface area contributed by atoms with Crippen LogP contribution >= 0.6 is 0 Å². The Hall–Kier alpha value is -1.25. The van der Waals surface area contributed by atoms with Gasteiger partial charge >= 0.3 is 5.97 Å². The van der Waals surface area contributed by atoms with E-state index in [0.29, 0.717) is 12.4 Å². The number of rotatable bonds is 5. The van der Waals surface area contributed by atoms with Gasteiger partial charge in [-0.1, -0.05) is 6.58 Å². The zero-order valence-electron chi connectivity index (χ0n) is 8.37. The SMILES string of the molecule is C=CC(=CC)OCC(C)OC(C)=O. The second-order valence-corrected chi connectivity index (χ2v) is 2.63. The van der Waals surface area contributed by atoms with Crippen LogP contribution in [0.1, 0.15) is 20.8 Å². The van der Waals surface area contributed by atoms with Crippen LogP contribution in [0.2, 0.25) is 0 Å². The van der Waals surface area contributed by atoms with E-state index in [0.717, 1.165) is 0 Å². The smallest absolute Gasteiger partial charge is 0.303 e. The summed E-state index contributed by atoms with van der Waals surface area (Å²) >= 11 is 0. The summed E-state index contributed by atoms with van der Waals surface area (Å²) < 4.78 is 10.1. The molecule has 0 aliphatic rings. The predicted molar refractivity (Wildman–Crippen MR) is 51.1 cm³/mol. The van der Waals surface area contributed by atoms with Crippen molar-refractivity contribution in [3.8, 4) is 0 Å². The Kier molecular flexibility index (Phi) is 5.68. The van der Waals surface area contributed by atoms with Gasteiger partial charge in [0.2, 0.25) is 0 Å². The highest BCUT2D eigenvalue weighted by Crippen LogP contribution is 2.01. The highest BCUT2D eigenvalue weighted by Gasteiger charge is 2.05. The number of allylic oxidation sites excluding steroid dienone is 2. The van der Waals surface area contributed by atoms with Gasteiger partial charge in [0.1, 0.15) is 18.5 Å². The molecule has 0 fully saturated rings. The standard InChI is InChI=1S/C10H16O3/c1-5-10(6-2)12-7-8(3)13-9(4)11/h5-6,8H,1,7H2,2-4H3. The first-order chi connectivity index (χ1) is 6.10. The molecule has 0 radical (unpaired) electrons. The van der Waals surface area contributed by atoms with Gasteiger partial charge < -0.3 is 9.47 Å². The highest BCUT2D eigenvalue weighted by atomic mass is 16.6. The van der Waals surface area contributed by atoms with E-state index in [1.807, 2.05) is 6.92 Å². The molecular formula is C10H16O3. The molecule has 0 aromatic carbocycles. The van der Waals surface area contributed by atoms with E-state index in [2.05, 4.69) is 6.58 Å². The molecule has 0 spiro atoms. The zero-order chi connectivity index (χ0) is 10.3. The fourth-order valence-electron chi connectivity index (χ4n) is 0.791. The Morgan fingerprint density at radius 2 is 2.23 bits per heavy atom. The molecule has 0 aliphatic heterocycles. The van der Waals surface area contributed by atoms with Crippen LogP contribution in [0.5, 0.6) is 0 Å². The third-order valence-corrected chi connectivity index (χ3v) is 1.34. The van der Waals surface area contributed by atoms with E-state index in [9.17, 15) is 4.79 Å². The molecule has 0 bridgehead atoms. The molecular weight excluding hydrogens is 168 g/mol. The van der Waals surface area contributed by atoms with Gasteiger partial charge in [-0.3, -0.25) is 4.79 Å². The molecule has 0 N–H and O–H groups in total.